The van der Waals surface area contributed by atoms with Crippen molar-refractivity contribution < 1.29 is 8.42 Å². The zero-order valence-corrected chi connectivity index (χ0v) is 11.2. The molecule has 0 radical (unpaired) electrons. The van der Waals surface area contributed by atoms with Gasteiger partial charge in [-0.2, -0.15) is 4.31 Å². The molecule has 0 aromatic carbocycles. The number of rotatable bonds is 3. The maximum absolute atomic E-state index is 12.3. The Balaban J connectivity index is 2.29. The van der Waals surface area contributed by atoms with E-state index in [4.69, 9.17) is 11.6 Å². The normalized spacial score (nSPS) is 21.9. The first-order valence-corrected chi connectivity index (χ1v) is 7.48. The van der Waals surface area contributed by atoms with Crippen molar-refractivity contribution in [1.29, 1.82) is 0 Å². The average Bonchev–Trinajstić information content (AvgIpc) is 2.78. The molecule has 0 saturated carbocycles. The van der Waals surface area contributed by atoms with Crippen LogP contribution in [0.1, 0.15) is 19.8 Å². The molecule has 1 unspecified atom stereocenters. The van der Waals surface area contributed by atoms with Crippen LogP contribution in [0.4, 0.5) is 0 Å². The van der Waals surface area contributed by atoms with E-state index in [0.717, 1.165) is 12.8 Å². The van der Waals surface area contributed by atoms with Crippen molar-refractivity contribution in [1.82, 2.24) is 9.29 Å². The van der Waals surface area contributed by atoms with E-state index in [1.165, 1.54) is 16.6 Å². The molecule has 1 aromatic heterocycles. The fourth-order valence-electron chi connectivity index (χ4n) is 2.05. The first-order valence-electron chi connectivity index (χ1n) is 5.66. The third kappa shape index (κ3) is 2.46. The number of halogens is 1. The maximum Gasteiger partial charge on any atom is 0.246 e. The fourth-order valence-corrected chi connectivity index (χ4v) is 4.01. The summed E-state index contributed by atoms with van der Waals surface area (Å²) in [5.41, 5.74) is 0. The molecule has 94 valence electrons. The van der Waals surface area contributed by atoms with Gasteiger partial charge in [0.1, 0.15) is 10.0 Å². The Morgan fingerprint density at radius 3 is 2.94 bits per heavy atom. The molecule has 2 heterocycles. The Kier molecular flexibility index (Phi) is 3.70. The van der Waals surface area contributed by atoms with Crippen LogP contribution < -0.4 is 0 Å². The van der Waals surface area contributed by atoms with Gasteiger partial charge in [-0.1, -0.05) is 24.9 Å². The lowest BCUT2D eigenvalue weighted by molar-refractivity contribution is 0.453. The minimum Gasteiger partial charge on any atom is -0.243 e. The van der Waals surface area contributed by atoms with Crippen LogP contribution in [0.25, 0.3) is 0 Å². The molecule has 1 fully saturated rings. The van der Waals surface area contributed by atoms with Crippen LogP contribution in [0.15, 0.2) is 23.2 Å². The highest BCUT2D eigenvalue weighted by Crippen LogP contribution is 2.28. The van der Waals surface area contributed by atoms with Crippen LogP contribution in [0.2, 0.25) is 5.15 Å². The summed E-state index contributed by atoms with van der Waals surface area (Å²) in [6.45, 7) is 3.24. The molecule has 0 spiro atoms. The Hall–Kier alpha value is -0.650. The zero-order chi connectivity index (χ0) is 12.5. The van der Waals surface area contributed by atoms with Gasteiger partial charge in [0.15, 0.2) is 0 Å². The van der Waals surface area contributed by atoms with E-state index < -0.39 is 10.0 Å². The van der Waals surface area contributed by atoms with Crippen molar-refractivity contribution in [3.05, 3.63) is 23.5 Å². The lowest BCUT2D eigenvalue weighted by Crippen LogP contribution is -2.29. The number of sulfonamides is 1. The van der Waals surface area contributed by atoms with E-state index >= 15 is 0 Å². The van der Waals surface area contributed by atoms with Gasteiger partial charge >= 0.3 is 0 Å². The molecule has 1 aliphatic rings. The Bertz CT molecular complexity index is 504. The van der Waals surface area contributed by atoms with Gasteiger partial charge in [-0.25, -0.2) is 13.4 Å². The second-order valence-electron chi connectivity index (χ2n) is 4.22. The van der Waals surface area contributed by atoms with Crippen LogP contribution >= 0.6 is 11.6 Å². The first-order chi connectivity index (χ1) is 8.05. The number of aromatic nitrogens is 1. The van der Waals surface area contributed by atoms with E-state index in [1.54, 1.807) is 6.07 Å². The first kappa shape index (κ1) is 12.8. The minimum atomic E-state index is -3.47. The van der Waals surface area contributed by atoms with E-state index in [-0.39, 0.29) is 10.0 Å². The van der Waals surface area contributed by atoms with Gasteiger partial charge in [0, 0.05) is 19.3 Å². The van der Waals surface area contributed by atoms with E-state index in [9.17, 15) is 8.42 Å². The van der Waals surface area contributed by atoms with Crippen LogP contribution in [-0.2, 0) is 10.0 Å². The van der Waals surface area contributed by atoms with Gasteiger partial charge in [-0.3, -0.25) is 0 Å². The summed E-state index contributed by atoms with van der Waals surface area (Å²) in [5.74, 6) is 0.459. The number of hydrogen-bond donors (Lipinski definition) is 0. The Morgan fingerprint density at radius 2 is 2.35 bits per heavy atom. The molecule has 0 amide bonds. The van der Waals surface area contributed by atoms with E-state index in [2.05, 4.69) is 11.9 Å². The monoisotopic (exact) mass is 274 g/mol. The fraction of sp³-hybridized carbons (Fsp3) is 0.545. The van der Waals surface area contributed by atoms with Crippen LogP contribution in [0.3, 0.4) is 0 Å². The van der Waals surface area contributed by atoms with Crippen molar-refractivity contribution >= 4 is 21.6 Å². The highest BCUT2D eigenvalue weighted by Gasteiger charge is 2.33. The van der Waals surface area contributed by atoms with Gasteiger partial charge in [-0.15, -0.1) is 0 Å². The molecule has 1 saturated heterocycles. The third-order valence-corrected chi connectivity index (χ3v) is 5.48. The molecule has 1 aliphatic heterocycles. The topological polar surface area (TPSA) is 50.3 Å². The lowest BCUT2D eigenvalue weighted by Gasteiger charge is -2.16. The Labute approximate surface area is 107 Å². The average molecular weight is 275 g/mol. The number of pyridine rings is 1. The molecule has 1 atom stereocenters. The van der Waals surface area contributed by atoms with Gasteiger partial charge in [0.05, 0.1) is 0 Å². The largest absolute Gasteiger partial charge is 0.246 e. The van der Waals surface area contributed by atoms with Crippen molar-refractivity contribution in [2.75, 3.05) is 13.1 Å². The zero-order valence-electron chi connectivity index (χ0n) is 9.63. The van der Waals surface area contributed by atoms with E-state index in [0.29, 0.717) is 19.0 Å². The molecule has 0 aliphatic carbocycles. The van der Waals surface area contributed by atoms with Crippen molar-refractivity contribution in [2.24, 2.45) is 5.92 Å². The number of nitrogens with zero attached hydrogens (tertiary/aromatic N) is 2. The highest BCUT2D eigenvalue weighted by atomic mass is 35.5. The summed E-state index contributed by atoms with van der Waals surface area (Å²) in [6.07, 6.45) is 3.42. The second-order valence-corrected chi connectivity index (χ2v) is 6.48. The number of hydrogen-bond acceptors (Lipinski definition) is 3. The SMILES string of the molecule is CCC1CCN(S(=O)(=O)c2cccnc2Cl)C1. The molecule has 17 heavy (non-hydrogen) atoms. The molecule has 2 rings (SSSR count). The smallest absolute Gasteiger partial charge is 0.243 e. The lowest BCUT2D eigenvalue weighted by atomic mass is 10.1. The van der Waals surface area contributed by atoms with Gasteiger partial charge in [0.2, 0.25) is 10.0 Å². The maximum atomic E-state index is 12.3. The van der Waals surface area contributed by atoms with E-state index in [1.807, 2.05) is 0 Å². The summed E-state index contributed by atoms with van der Waals surface area (Å²) in [4.78, 5) is 3.93. The molecular formula is C11H15ClN2O2S. The van der Waals surface area contributed by atoms with Crippen molar-refractivity contribution in [2.45, 2.75) is 24.7 Å². The Morgan fingerprint density at radius 1 is 1.59 bits per heavy atom. The molecular weight excluding hydrogens is 260 g/mol. The van der Waals surface area contributed by atoms with Crippen molar-refractivity contribution in [3.8, 4) is 0 Å². The predicted octanol–water partition coefficient (Wildman–Crippen LogP) is 2.16. The summed E-state index contributed by atoms with van der Waals surface area (Å²) < 4.78 is 26.1. The summed E-state index contributed by atoms with van der Waals surface area (Å²) in [6, 6.07) is 3.09. The standard InChI is InChI=1S/C11H15ClN2O2S/c1-2-9-5-7-14(8-9)17(15,16)10-4-3-6-13-11(10)12/h3-4,6,9H,2,5,7-8H2,1H3. The van der Waals surface area contributed by atoms with Gasteiger partial charge in [0.25, 0.3) is 0 Å². The predicted molar refractivity (Wildman–Crippen MR) is 66.4 cm³/mol. The van der Waals surface area contributed by atoms with Gasteiger partial charge < -0.3 is 0 Å². The molecule has 0 N–H and O–H groups in total. The van der Waals surface area contributed by atoms with Crippen molar-refractivity contribution in [3.63, 3.8) is 0 Å². The van der Waals surface area contributed by atoms with Gasteiger partial charge in [-0.05, 0) is 24.5 Å². The highest BCUT2D eigenvalue weighted by molar-refractivity contribution is 7.89. The quantitative estimate of drug-likeness (QED) is 0.794. The van der Waals surface area contributed by atoms with Crippen LogP contribution in [0, 0.1) is 5.92 Å². The summed E-state index contributed by atoms with van der Waals surface area (Å²) in [5, 5.41) is 0.0486. The molecule has 0 bridgehead atoms. The molecule has 4 nitrogen and oxygen atoms in total. The minimum absolute atomic E-state index is 0.0486. The summed E-state index contributed by atoms with van der Waals surface area (Å²) >= 11 is 5.84. The molecule has 1 aromatic rings. The second kappa shape index (κ2) is 4.92. The van der Waals surface area contributed by atoms with Crippen LogP contribution in [-0.4, -0.2) is 30.8 Å². The molecule has 6 heteroatoms. The third-order valence-electron chi connectivity index (χ3n) is 3.17. The van der Waals surface area contributed by atoms with Crippen LogP contribution in [0.5, 0.6) is 0 Å². The summed E-state index contributed by atoms with van der Waals surface area (Å²) in [7, 11) is -3.47.